The molecule has 0 spiro atoms. The molecule has 1 saturated heterocycles. The number of allylic oxidation sites excluding steroid dienone is 1. The predicted molar refractivity (Wildman–Crippen MR) is 82.6 cm³/mol. The molecule has 1 aliphatic heterocycles. The van der Waals surface area contributed by atoms with Crippen molar-refractivity contribution in [3.63, 3.8) is 0 Å². The molecule has 1 fully saturated rings. The second-order valence-corrected chi connectivity index (χ2v) is 5.76. The quantitative estimate of drug-likeness (QED) is 0.852. The van der Waals surface area contributed by atoms with Crippen LogP contribution in [0.4, 0.5) is 4.79 Å². The summed E-state index contributed by atoms with van der Waals surface area (Å²) in [6.45, 7) is 3.79. The molecule has 0 radical (unpaired) electrons. The number of aryl methyl sites for hydroxylation is 1. The molecular weight excluding hydrogens is 286 g/mol. The molecule has 3 rings (SSSR count). The van der Waals surface area contributed by atoms with Gasteiger partial charge in [-0.3, -0.25) is 14.9 Å². The third-order valence-corrected chi connectivity index (χ3v) is 4.33. The van der Waals surface area contributed by atoms with Gasteiger partial charge in [0.15, 0.2) is 0 Å². The molecule has 0 atom stereocenters. The van der Waals surface area contributed by atoms with Gasteiger partial charge in [-0.2, -0.15) is 0 Å². The van der Waals surface area contributed by atoms with Crippen LogP contribution in [0.15, 0.2) is 45.7 Å². The molecule has 2 amide bonds. The summed E-state index contributed by atoms with van der Waals surface area (Å²) in [5.74, 6) is 0.981. The van der Waals surface area contributed by atoms with Crippen molar-refractivity contribution in [3.05, 3.63) is 52.6 Å². The fraction of sp³-hybridized carbons (Fsp3) is 0.125. The molecule has 1 aromatic heterocycles. The number of hydrogen-bond acceptors (Lipinski definition) is 4. The molecule has 2 heterocycles. The smallest absolute Gasteiger partial charge is 0.290 e. The summed E-state index contributed by atoms with van der Waals surface area (Å²) in [6.07, 6.45) is 0. The topological polar surface area (TPSA) is 59.3 Å². The number of rotatable bonds is 2. The van der Waals surface area contributed by atoms with Crippen molar-refractivity contribution in [1.82, 2.24) is 5.32 Å². The van der Waals surface area contributed by atoms with Crippen LogP contribution in [0, 0.1) is 6.92 Å². The van der Waals surface area contributed by atoms with Gasteiger partial charge in [0, 0.05) is 11.1 Å². The molecular formula is C16H13NO3S. The molecule has 1 aliphatic rings. The lowest BCUT2D eigenvalue weighted by Crippen LogP contribution is -2.18. The van der Waals surface area contributed by atoms with Crippen molar-refractivity contribution in [2.24, 2.45) is 0 Å². The summed E-state index contributed by atoms with van der Waals surface area (Å²) in [5, 5.41) is 1.90. The van der Waals surface area contributed by atoms with Gasteiger partial charge in [-0.05, 0) is 43.3 Å². The SMILES string of the molecule is C/C(=C1/SC(=O)NC1=O)c1ccc(-c2ccccc2C)o1. The molecule has 0 unspecified atom stereocenters. The third-order valence-electron chi connectivity index (χ3n) is 3.34. The summed E-state index contributed by atoms with van der Waals surface area (Å²) in [6, 6.07) is 11.6. The van der Waals surface area contributed by atoms with E-state index in [1.165, 1.54) is 0 Å². The van der Waals surface area contributed by atoms with Crippen LogP contribution >= 0.6 is 11.8 Å². The lowest BCUT2D eigenvalue weighted by atomic mass is 10.1. The van der Waals surface area contributed by atoms with Gasteiger partial charge < -0.3 is 4.42 Å². The van der Waals surface area contributed by atoms with E-state index in [1.807, 2.05) is 43.3 Å². The Balaban J connectivity index is 2.00. The summed E-state index contributed by atoms with van der Waals surface area (Å²) >= 11 is 0.905. The number of hydrogen-bond donors (Lipinski definition) is 1. The Labute approximate surface area is 126 Å². The molecule has 5 heteroatoms. The van der Waals surface area contributed by atoms with Crippen LogP contribution in [0.5, 0.6) is 0 Å². The van der Waals surface area contributed by atoms with Gasteiger partial charge in [0.2, 0.25) is 0 Å². The average molecular weight is 299 g/mol. The van der Waals surface area contributed by atoms with Gasteiger partial charge in [-0.1, -0.05) is 24.3 Å². The zero-order valence-electron chi connectivity index (χ0n) is 11.6. The minimum Gasteiger partial charge on any atom is -0.456 e. The van der Waals surface area contributed by atoms with Crippen LogP contribution in [0.1, 0.15) is 18.2 Å². The average Bonchev–Trinajstić information content (AvgIpc) is 3.05. The second kappa shape index (κ2) is 5.26. The Hall–Kier alpha value is -2.27. The van der Waals surface area contributed by atoms with Gasteiger partial charge >= 0.3 is 0 Å². The highest BCUT2D eigenvalue weighted by Crippen LogP contribution is 2.34. The Kier molecular flexibility index (Phi) is 3.43. The summed E-state index contributed by atoms with van der Waals surface area (Å²) in [4.78, 5) is 23.3. The first-order chi connectivity index (χ1) is 10.1. The Morgan fingerprint density at radius 2 is 1.90 bits per heavy atom. The maximum atomic E-state index is 11.7. The highest BCUT2D eigenvalue weighted by molar-refractivity contribution is 8.18. The van der Waals surface area contributed by atoms with E-state index in [2.05, 4.69) is 5.32 Å². The summed E-state index contributed by atoms with van der Waals surface area (Å²) < 4.78 is 5.85. The molecule has 4 nitrogen and oxygen atoms in total. The summed E-state index contributed by atoms with van der Waals surface area (Å²) in [5.41, 5.74) is 2.80. The van der Waals surface area contributed by atoms with Gasteiger partial charge in [0.05, 0.1) is 4.91 Å². The van der Waals surface area contributed by atoms with Gasteiger partial charge in [0.1, 0.15) is 11.5 Å². The van der Waals surface area contributed by atoms with Crippen molar-refractivity contribution in [1.29, 1.82) is 0 Å². The standard InChI is InChI=1S/C16H13NO3S/c1-9-5-3-4-6-11(9)13-8-7-12(20-13)10(2)14-15(18)17-16(19)21-14/h3-8H,1-2H3,(H,17,18,19)/b14-10-. The highest BCUT2D eigenvalue weighted by Gasteiger charge is 2.28. The number of nitrogens with one attached hydrogen (secondary N) is 1. The van der Waals surface area contributed by atoms with Crippen LogP contribution in [0.25, 0.3) is 16.9 Å². The Morgan fingerprint density at radius 3 is 2.57 bits per heavy atom. The molecule has 1 N–H and O–H groups in total. The molecule has 0 saturated carbocycles. The molecule has 106 valence electrons. The van der Waals surface area contributed by atoms with E-state index in [4.69, 9.17) is 4.42 Å². The third kappa shape index (κ3) is 2.52. The minimum atomic E-state index is -0.364. The first kappa shape index (κ1) is 13.7. The number of carbonyl (C=O) groups excluding carboxylic acids is 2. The second-order valence-electron chi connectivity index (χ2n) is 4.78. The molecule has 1 aromatic carbocycles. The minimum absolute atomic E-state index is 0.347. The van der Waals surface area contributed by atoms with Crippen molar-refractivity contribution < 1.29 is 14.0 Å². The number of furan rings is 1. The summed E-state index contributed by atoms with van der Waals surface area (Å²) in [7, 11) is 0. The number of carbonyl (C=O) groups is 2. The zero-order valence-corrected chi connectivity index (χ0v) is 12.4. The largest absolute Gasteiger partial charge is 0.456 e. The number of thioether (sulfide) groups is 1. The molecule has 2 aromatic rings. The Bertz CT molecular complexity index is 773. The monoisotopic (exact) mass is 299 g/mol. The number of amides is 2. The highest BCUT2D eigenvalue weighted by atomic mass is 32.2. The van der Waals surface area contributed by atoms with Crippen LogP contribution in [0.3, 0.4) is 0 Å². The molecule has 0 bridgehead atoms. The number of benzene rings is 1. The lowest BCUT2D eigenvalue weighted by molar-refractivity contribution is -0.115. The van der Waals surface area contributed by atoms with Gasteiger partial charge in [0.25, 0.3) is 11.1 Å². The van der Waals surface area contributed by atoms with Crippen LogP contribution in [-0.2, 0) is 4.79 Å². The van der Waals surface area contributed by atoms with Gasteiger partial charge in [-0.25, -0.2) is 0 Å². The lowest BCUT2D eigenvalue weighted by Gasteiger charge is -2.02. The first-order valence-corrected chi connectivity index (χ1v) is 7.28. The van der Waals surface area contributed by atoms with Crippen LogP contribution in [0.2, 0.25) is 0 Å². The zero-order chi connectivity index (χ0) is 15.0. The van der Waals surface area contributed by atoms with E-state index in [1.54, 1.807) is 6.92 Å². The maximum Gasteiger partial charge on any atom is 0.290 e. The normalized spacial score (nSPS) is 17.0. The fourth-order valence-corrected chi connectivity index (χ4v) is 2.93. The van der Waals surface area contributed by atoms with E-state index in [9.17, 15) is 9.59 Å². The molecule has 0 aliphatic carbocycles. The van der Waals surface area contributed by atoms with Crippen LogP contribution in [-0.4, -0.2) is 11.1 Å². The van der Waals surface area contributed by atoms with Gasteiger partial charge in [-0.15, -0.1) is 0 Å². The van der Waals surface area contributed by atoms with E-state index in [0.717, 1.165) is 28.6 Å². The van der Waals surface area contributed by atoms with Crippen molar-refractivity contribution in [2.45, 2.75) is 13.8 Å². The molecule has 21 heavy (non-hydrogen) atoms. The number of imide groups is 1. The van der Waals surface area contributed by atoms with E-state index >= 15 is 0 Å². The van der Waals surface area contributed by atoms with Crippen molar-refractivity contribution in [2.75, 3.05) is 0 Å². The maximum absolute atomic E-state index is 11.7. The van der Waals surface area contributed by atoms with Crippen molar-refractivity contribution >= 4 is 28.5 Å². The van der Waals surface area contributed by atoms with E-state index in [-0.39, 0.29) is 11.1 Å². The first-order valence-electron chi connectivity index (χ1n) is 6.46. The van der Waals surface area contributed by atoms with Crippen LogP contribution < -0.4 is 5.32 Å². The fourth-order valence-electron chi connectivity index (χ4n) is 2.21. The van der Waals surface area contributed by atoms with E-state index in [0.29, 0.717) is 16.2 Å². The van der Waals surface area contributed by atoms with E-state index < -0.39 is 0 Å². The Morgan fingerprint density at radius 1 is 1.14 bits per heavy atom. The van der Waals surface area contributed by atoms with Crippen molar-refractivity contribution in [3.8, 4) is 11.3 Å². The predicted octanol–water partition coefficient (Wildman–Crippen LogP) is 3.97.